The van der Waals surface area contributed by atoms with E-state index in [0.29, 0.717) is 177 Å². The zero-order valence-corrected chi connectivity index (χ0v) is 43.5. The van der Waals surface area contributed by atoms with Crippen LogP contribution in [0.4, 0.5) is 5.69 Å². The second-order valence-corrected chi connectivity index (χ2v) is 18.3. The SMILES string of the molecule is COCCOCCOCCOCCOCCOCCOCCOCCOCCOCCOCCNC(=O)CCC1(CCC(C)=O)c2ccccc2-c2cc3c(cc21)[N+](CCCCCC(=O)O)=C(C)C3(C)C. The van der Waals surface area contributed by atoms with Crippen molar-refractivity contribution in [1.29, 1.82) is 0 Å². The van der Waals surface area contributed by atoms with Gasteiger partial charge >= 0.3 is 5.97 Å². The number of benzene rings is 2. The van der Waals surface area contributed by atoms with Gasteiger partial charge in [-0.05, 0) is 74.8 Å². The summed E-state index contributed by atoms with van der Waals surface area (Å²) in [7, 11) is 1.64. The van der Waals surface area contributed by atoms with Crippen LogP contribution in [0.1, 0.15) is 95.8 Å². The third kappa shape index (κ3) is 21.0. The van der Waals surface area contributed by atoms with E-state index in [1.807, 2.05) is 0 Å². The lowest BCUT2D eigenvalue weighted by atomic mass is 9.70. The van der Waals surface area contributed by atoms with Gasteiger partial charge in [0.05, 0.1) is 144 Å². The Labute approximate surface area is 422 Å². The number of carboxylic acid groups (broad SMARTS) is 1. The van der Waals surface area contributed by atoms with Crippen LogP contribution in [0.3, 0.4) is 0 Å². The monoisotopic (exact) mass is 1000 g/mol. The highest BCUT2D eigenvalue weighted by atomic mass is 16.6. The topological polar surface area (TPSA) is 188 Å². The van der Waals surface area contributed by atoms with Crippen LogP contribution in [0.5, 0.6) is 0 Å². The Balaban J connectivity index is 1.02. The van der Waals surface area contributed by atoms with Crippen LogP contribution < -0.4 is 5.32 Å². The third-order valence-corrected chi connectivity index (χ3v) is 13.0. The molecule has 1 amide bonds. The summed E-state index contributed by atoms with van der Waals surface area (Å²) in [6, 6.07) is 13.1. The fraction of sp³-hybridized carbons (Fsp3) is 0.704. The number of hydrogen-bond donors (Lipinski definition) is 2. The van der Waals surface area contributed by atoms with Crippen LogP contribution in [-0.4, -0.2) is 192 Å². The Bertz CT molecular complexity index is 1890. The van der Waals surface area contributed by atoms with Crippen LogP contribution in [0.15, 0.2) is 36.4 Å². The molecule has 2 aromatic rings. The van der Waals surface area contributed by atoms with E-state index in [4.69, 9.17) is 57.2 Å². The van der Waals surface area contributed by atoms with Crippen LogP contribution in [-0.2, 0) is 77.3 Å². The number of Topliss-reactive ketones (excluding diaryl/α,β-unsaturated/α-hetero) is 1. The van der Waals surface area contributed by atoms with Crippen molar-refractivity contribution < 1.29 is 76.2 Å². The van der Waals surface area contributed by atoms with E-state index >= 15 is 0 Å². The number of hydrogen-bond acceptors (Lipinski definition) is 14. The molecule has 1 aliphatic heterocycles. The van der Waals surface area contributed by atoms with E-state index in [0.717, 1.165) is 30.6 Å². The smallest absolute Gasteiger partial charge is 0.303 e. The zero-order valence-electron chi connectivity index (χ0n) is 43.5. The lowest BCUT2D eigenvalue weighted by Crippen LogP contribution is -2.32. The van der Waals surface area contributed by atoms with E-state index in [9.17, 15) is 14.4 Å². The van der Waals surface area contributed by atoms with Gasteiger partial charge in [-0.15, -0.1) is 0 Å². The molecule has 0 spiro atoms. The molecule has 0 radical (unpaired) electrons. The van der Waals surface area contributed by atoms with E-state index in [2.05, 4.69) is 67.1 Å². The molecule has 1 atom stereocenters. The van der Waals surface area contributed by atoms with Crippen LogP contribution >= 0.6 is 0 Å². The molecule has 0 aromatic heterocycles. The maximum atomic E-state index is 13.4. The predicted octanol–water partition coefficient (Wildman–Crippen LogP) is 6.07. The summed E-state index contributed by atoms with van der Waals surface area (Å²) in [6.45, 7) is 19.7. The molecule has 1 unspecified atom stereocenters. The first-order valence-electron chi connectivity index (χ1n) is 25.7. The van der Waals surface area contributed by atoms with Crippen LogP contribution in [0.25, 0.3) is 11.1 Å². The number of rotatable bonds is 45. The van der Waals surface area contributed by atoms with Gasteiger partial charge in [-0.25, -0.2) is 0 Å². The van der Waals surface area contributed by atoms with Crippen LogP contribution in [0, 0.1) is 0 Å². The molecule has 17 nitrogen and oxygen atoms in total. The number of nitrogens with one attached hydrogen (secondary N) is 1. The molecule has 71 heavy (non-hydrogen) atoms. The maximum absolute atomic E-state index is 13.4. The Morgan fingerprint density at radius 1 is 0.549 bits per heavy atom. The Morgan fingerprint density at radius 2 is 1.01 bits per heavy atom. The summed E-state index contributed by atoms with van der Waals surface area (Å²) in [5, 5.41) is 12.2. The van der Waals surface area contributed by atoms with Gasteiger partial charge in [0.1, 0.15) is 12.3 Å². The Kier molecular flexibility index (Phi) is 29.2. The maximum Gasteiger partial charge on any atom is 0.303 e. The van der Waals surface area contributed by atoms with E-state index in [1.54, 1.807) is 14.0 Å². The van der Waals surface area contributed by atoms with Crippen molar-refractivity contribution in [1.82, 2.24) is 5.32 Å². The van der Waals surface area contributed by atoms with E-state index < -0.39 is 11.4 Å². The molecule has 0 saturated carbocycles. The van der Waals surface area contributed by atoms with Gasteiger partial charge in [0.15, 0.2) is 5.71 Å². The predicted molar refractivity (Wildman–Crippen MR) is 269 cm³/mol. The van der Waals surface area contributed by atoms with Crippen molar-refractivity contribution in [2.45, 2.75) is 89.9 Å². The second kappa shape index (κ2) is 34.7. The summed E-state index contributed by atoms with van der Waals surface area (Å²) >= 11 is 0. The van der Waals surface area contributed by atoms with Gasteiger partial charge in [-0.3, -0.25) is 9.59 Å². The van der Waals surface area contributed by atoms with Gasteiger partial charge in [0, 0.05) is 63.3 Å². The molecule has 2 aliphatic rings. The summed E-state index contributed by atoms with van der Waals surface area (Å²) in [6.07, 6.45) is 4.44. The Hall–Kier alpha value is -3.72. The molecular formula is C54H85N2O15+. The number of carbonyl (C=O) groups excluding carboxylic acids is 2. The highest BCUT2D eigenvalue weighted by molar-refractivity contribution is 5.95. The van der Waals surface area contributed by atoms with Crippen molar-refractivity contribution in [2.75, 3.05) is 159 Å². The normalized spacial score (nSPS) is 15.6. The molecule has 0 saturated heterocycles. The fourth-order valence-electron chi connectivity index (χ4n) is 8.89. The number of carbonyl (C=O) groups is 3. The molecule has 0 bridgehead atoms. The number of carboxylic acids is 1. The lowest BCUT2D eigenvalue weighted by Gasteiger charge is -2.32. The van der Waals surface area contributed by atoms with E-state index in [-0.39, 0.29) is 23.5 Å². The number of ether oxygens (including phenoxy) is 11. The minimum atomic E-state index is -0.760. The molecular weight excluding hydrogens is 917 g/mol. The standard InChI is InChI=1S/C54H84N2O15/c1-43(57)14-16-54(47-12-9-8-11-45(47)46-41-49-50(42-48(46)54)56(44(2)53(49,3)4)19-10-6-7-13-52(59)60)17-15-51(58)55-18-20-62-23-24-64-27-28-66-31-32-68-35-36-70-39-40-71-38-37-69-34-33-67-30-29-65-26-25-63-22-21-61-5/h8-9,11-12,41-42H,6-7,10,13-40H2,1-5H3,(H-,55,58,59,60)/p+1. The number of methoxy groups -OCH3 is 1. The third-order valence-electron chi connectivity index (χ3n) is 13.0. The number of ketones is 1. The highest BCUT2D eigenvalue weighted by Crippen LogP contribution is 2.57. The number of aliphatic carboxylic acids is 1. The summed E-state index contributed by atoms with van der Waals surface area (Å²) < 4.78 is 62.5. The molecule has 0 fully saturated rings. The number of unbranched alkanes of at least 4 members (excludes halogenated alkanes) is 2. The molecule has 4 rings (SSSR count). The summed E-state index contributed by atoms with van der Waals surface area (Å²) in [5.74, 6) is -0.695. The van der Waals surface area contributed by atoms with Crippen molar-refractivity contribution in [3.05, 3.63) is 53.1 Å². The fourth-order valence-corrected chi connectivity index (χ4v) is 8.89. The van der Waals surface area contributed by atoms with Gasteiger partial charge in [-0.1, -0.05) is 24.3 Å². The second-order valence-electron chi connectivity index (χ2n) is 18.3. The molecule has 17 heteroatoms. The van der Waals surface area contributed by atoms with Crippen molar-refractivity contribution in [2.24, 2.45) is 0 Å². The first kappa shape index (κ1) is 59.8. The van der Waals surface area contributed by atoms with Crippen molar-refractivity contribution >= 4 is 29.1 Å². The first-order valence-corrected chi connectivity index (χ1v) is 25.7. The van der Waals surface area contributed by atoms with Gasteiger partial charge < -0.3 is 67.3 Å². The highest BCUT2D eigenvalue weighted by Gasteiger charge is 2.49. The molecule has 1 aliphatic carbocycles. The number of nitrogens with zero attached hydrogens (tertiary/aromatic N) is 1. The quantitative estimate of drug-likeness (QED) is 0.0575. The summed E-state index contributed by atoms with van der Waals surface area (Å²) in [5.41, 5.74) is 7.67. The summed E-state index contributed by atoms with van der Waals surface area (Å²) in [4.78, 5) is 37.1. The van der Waals surface area contributed by atoms with Gasteiger partial charge in [-0.2, -0.15) is 4.58 Å². The van der Waals surface area contributed by atoms with Crippen molar-refractivity contribution in [3.63, 3.8) is 0 Å². The lowest BCUT2D eigenvalue weighted by molar-refractivity contribution is -0.439. The average molecular weight is 1000 g/mol. The molecule has 1 heterocycles. The largest absolute Gasteiger partial charge is 0.481 e. The average Bonchev–Trinajstić information content (AvgIpc) is 3.72. The van der Waals surface area contributed by atoms with E-state index in [1.165, 1.54) is 28.0 Å². The zero-order chi connectivity index (χ0) is 51.0. The van der Waals surface area contributed by atoms with Crippen molar-refractivity contribution in [3.8, 4) is 11.1 Å². The van der Waals surface area contributed by atoms with Crippen LogP contribution in [0.2, 0.25) is 0 Å². The van der Waals surface area contributed by atoms with Gasteiger partial charge in [0.25, 0.3) is 0 Å². The molecule has 2 aromatic carbocycles. The Morgan fingerprint density at radius 3 is 1.49 bits per heavy atom. The first-order chi connectivity index (χ1) is 34.5. The molecule has 400 valence electrons. The number of amides is 1. The minimum Gasteiger partial charge on any atom is -0.481 e. The number of fused-ring (bicyclic) bond motifs is 4. The van der Waals surface area contributed by atoms with Gasteiger partial charge in [0.2, 0.25) is 11.6 Å². The minimum absolute atomic E-state index is 0.0577. The molecule has 2 N–H and O–H groups in total.